The van der Waals surface area contributed by atoms with E-state index in [1.165, 1.54) is 28.6 Å². The van der Waals surface area contributed by atoms with E-state index in [0.29, 0.717) is 31.8 Å². The SMILES string of the molecule is CC(C)CN1CC2(CCN(S(=O)(=O)c3ccc(F)cc3)CC2)C2(CCN(C)C2=O)C1. The Hall–Kier alpha value is -1.51. The number of piperidine rings is 1. The molecule has 1 aromatic carbocycles. The van der Waals surface area contributed by atoms with Crippen molar-refractivity contribution >= 4 is 15.9 Å². The predicted octanol–water partition coefficient (Wildman–Crippen LogP) is 2.42. The summed E-state index contributed by atoms with van der Waals surface area (Å²) < 4.78 is 40.9. The van der Waals surface area contributed by atoms with E-state index in [1.807, 2.05) is 11.9 Å². The van der Waals surface area contributed by atoms with Gasteiger partial charge in [0.25, 0.3) is 0 Å². The molecule has 8 heteroatoms. The first-order chi connectivity index (χ1) is 14.1. The summed E-state index contributed by atoms with van der Waals surface area (Å²) >= 11 is 0. The molecule has 0 aliphatic carbocycles. The van der Waals surface area contributed by atoms with E-state index < -0.39 is 21.3 Å². The van der Waals surface area contributed by atoms with Crippen LogP contribution in [0.15, 0.2) is 29.2 Å². The van der Waals surface area contributed by atoms with Gasteiger partial charge in [0.1, 0.15) is 5.82 Å². The highest BCUT2D eigenvalue weighted by Gasteiger charge is 2.64. The fourth-order valence-electron chi connectivity index (χ4n) is 5.95. The molecule has 3 aliphatic heterocycles. The lowest BCUT2D eigenvalue weighted by Crippen LogP contribution is -2.53. The molecule has 2 spiro atoms. The van der Waals surface area contributed by atoms with Crippen LogP contribution in [0, 0.1) is 22.6 Å². The molecule has 3 aliphatic rings. The highest BCUT2D eigenvalue weighted by Crippen LogP contribution is 2.58. The monoisotopic (exact) mass is 437 g/mol. The smallest absolute Gasteiger partial charge is 0.243 e. The van der Waals surface area contributed by atoms with Gasteiger partial charge in [-0.15, -0.1) is 0 Å². The standard InChI is InChI=1S/C22H32FN3O3S/c1-17(2)14-25-15-21(22(16-25)10-11-24(3)20(22)27)8-12-26(13-9-21)30(28,29)19-6-4-18(23)5-7-19/h4-7,17H,8-16H2,1-3H3. The third-order valence-electron chi connectivity index (χ3n) is 7.42. The van der Waals surface area contributed by atoms with Gasteiger partial charge in [-0.3, -0.25) is 4.79 Å². The minimum Gasteiger partial charge on any atom is -0.345 e. The number of fused-ring (bicyclic) bond motifs is 1. The Morgan fingerprint density at radius 1 is 1.03 bits per heavy atom. The quantitative estimate of drug-likeness (QED) is 0.726. The Bertz CT molecular complexity index is 910. The molecule has 30 heavy (non-hydrogen) atoms. The highest BCUT2D eigenvalue weighted by molar-refractivity contribution is 7.89. The van der Waals surface area contributed by atoms with Crippen molar-refractivity contribution in [2.24, 2.45) is 16.7 Å². The van der Waals surface area contributed by atoms with Crippen LogP contribution < -0.4 is 0 Å². The van der Waals surface area contributed by atoms with E-state index in [0.717, 1.165) is 32.6 Å². The minimum absolute atomic E-state index is 0.124. The summed E-state index contributed by atoms with van der Waals surface area (Å²) in [5.41, 5.74) is -0.582. The van der Waals surface area contributed by atoms with Crippen molar-refractivity contribution in [1.82, 2.24) is 14.1 Å². The minimum atomic E-state index is -3.66. The van der Waals surface area contributed by atoms with Crippen LogP contribution in [0.2, 0.25) is 0 Å². The molecule has 0 N–H and O–H groups in total. The maximum atomic E-state index is 13.3. The van der Waals surface area contributed by atoms with Crippen molar-refractivity contribution in [2.45, 2.75) is 38.0 Å². The van der Waals surface area contributed by atoms with Gasteiger partial charge in [0.2, 0.25) is 15.9 Å². The number of nitrogens with zero attached hydrogens (tertiary/aromatic N) is 3. The van der Waals surface area contributed by atoms with Crippen molar-refractivity contribution in [3.63, 3.8) is 0 Å². The number of sulfonamides is 1. The summed E-state index contributed by atoms with van der Waals surface area (Å²) in [4.78, 5) is 17.7. The topological polar surface area (TPSA) is 60.9 Å². The third kappa shape index (κ3) is 3.37. The van der Waals surface area contributed by atoms with Gasteiger partial charge in [-0.25, -0.2) is 12.8 Å². The number of rotatable bonds is 4. The Morgan fingerprint density at radius 3 is 2.20 bits per heavy atom. The fraction of sp³-hybridized carbons (Fsp3) is 0.682. The predicted molar refractivity (Wildman–Crippen MR) is 113 cm³/mol. The van der Waals surface area contributed by atoms with Gasteiger partial charge in [0.05, 0.1) is 10.3 Å². The lowest BCUT2D eigenvalue weighted by Gasteiger charge is -2.46. The average molecular weight is 438 g/mol. The Kier molecular flexibility index (Phi) is 5.48. The molecular formula is C22H32FN3O3S. The molecule has 3 saturated heterocycles. The van der Waals surface area contributed by atoms with Gasteiger partial charge in [-0.1, -0.05) is 13.8 Å². The number of halogens is 1. The number of carbonyl (C=O) groups is 1. The zero-order valence-electron chi connectivity index (χ0n) is 18.1. The summed E-state index contributed by atoms with van der Waals surface area (Å²) in [6, 6.07) is 5.01. The molecule has 3 fully saturated rings. The lowest BCUT2D eigenvalue weighted by molar-refractivity contribution is -0.140. The summed E-state index contributed by atoms with van der Waals surface area (Å²) in [6.07, 6.45) is 2.21. The molecule has 0 radical (unpaired) electrons. The van der Waals surface area contributed by atoms with Gasteiger partial charge in [-0.2, -0.15) is 4.31 Å². The number of carbonyl (C=O) groups excluding carboxylic acids is 1. The third-order valence-corrected chi connectivity index (χ3v) is 9.33. The zero-order valence-corrected chi connectivity index (χ0v) is 18.9. The molecule has 3 heterocycles. The summed E-state index contributed by atoms with van der Waals surface area (Å²) in [6.45, 7) is 8.54. The number of likely N-dealkylation sites (tertiary alicyclic amines) is 2. The Balaban J connectivity index is 1.58. The average Bonchev–Trinajstić information content (AvgIpc) is 3.14. The van der Waals surface area contributed by atoms with Gasteiger partial charge in [0, 0.05) is 51.7 Å². The molecule has 0 bridgehead atoms. The zero-order chi connectivity index (χ0) is 21.7. The van der Waals surface area contributed by atoms with Crippen LogP contribution in [0.4, 0.5) is 4.39 Å². The van der Waals surface area contributed by atoms with Gasteiger partial charge >= 0.3 is 0 Å². The number of hydrogen-bond donors (Lipinski definition) is 0. The van der Waals surface area contributed by atoms with Crippen molar-refractivity contribution in [3.8, 4) is 0 Å². The molecule has 166 valence electrons. The van der Waals surface area contributed by atoms with Crippen LogP contribution in [0.3, 0.4) is 0 Å². The van der Waals surface area contributed by atoms with E-state index in [4.69, 9.17) is 0 Å². The normalized spacial score (nSPS) is 27.8. The Labute approximate surface area is 179 Å². The molecule has 6 nitrogen and oxygen atoms in total. The van der Waals surface area contributed by atoms with Gasteiger partial charge in [0.15, 0.2) is 0 Å². The number of hydrogen-bond acceptors (Lipinski definition) is 4. The van der Waals surface area contributed by atoms with E-state index in [-0.39, 0.29) is 16.2 Å². The van der Waals surface area contributed by atoms with E-state index in [9.17, 15) is 17.6 Å². The maximum absolute atomic E-state index is 13.3. The second-order valence-electron chi connectivity index (χ2n) is 9.76. The van der Waals surface area contributed by atoms with Crippen molar-refractivity contribution in [1.29, 1.82) is 0 Å². The molecule has 1 aromatic rings. The second kappa shape index (κ2) is 7.57. The second-order valence-corrected chi connectivity index (χ2v) is 11.7. The van der Waals surface area contributed by atoms with Crippen LogP contribution in [0.1, 0.15) is 33.1 Å². The molecule has 0 aromatic heterocycles. The van der Waals surface area contributed by atoms with E-state index in [2.05, 4.69) is 18.7 Å². The first-order valence-corrected chi connectivity index (χ1v) is 12.3. The summed E-state index contributed by atoms with van der Waals surface area (Å²) in [7, 11) is -1.78. The molecule has 1 unspecified atom stereocenters. The van der Waals surface area contributed by atoms with Gasteiger partial charge in [-0.05, 0) is 49.4 Å². The van der Waals surface area contributed by atoms with Crippen LogP contribution in [-0.2, 0) is 14.8 Å². The molecule has 1 amide bonds. The fourth-order valence-corrected chi connectivity index (χ4v) is 7.39. The number of amides is 1. The Morgan fingerprint density at radius 2 is 1.67 bits per heavy atom. The lowest BCUT2D eigenvalue weighted by atomic mass is 9.60. The van der Waals surface area contributed by atoms with Crippen LogP contribution in [0.25, 0.3) is 0 Å². The van der Waals surface area contributed by atoms with Crippen molar-refractivity contribution < 1.29 is 17.6 Å². The van der Waals surface area contributed by atoms with Gasteiger partial charge < -0.3 is 9.80 Å². The molecule has 0 saturated carbocycles. The maximum Gasteiger partial charge on any atom is 0.243 e. The van der Waals surface area contributed by atoms with Crippen LogP contribution in [-0.4, -0.2) is 74.7 Å². The largest absolute Gasteiger partial charge is 0.345 e. The van der Waals surface area contributed by atoms with Crippen LogP contribution in [0.5, 0.6) is 0 Å². The van der Waals surface area contributed by atoms with Crippen molar-refractivity contribution in [3.05, 3.63) is 30.1 Å². The summed E-state index contributed by atoms with van der Waals surface area (Å²) in [5, 5.41) is 0. The first-order valence-electron chi connectivity index (χ1n) is 10.8. The highest BCUT2D eigenvalue weighted by atomic mass is 32.2. The van der Waals surface area contributed by atoms with Crippen molar-refractivity contribution in [2.75, 3.05) is 46.3 Å². The first kappa shape index (κ1) is 21.7. The van der Waals surface area contributed by atoms with E-state index in [1.54, 1.807) is 0 Å². The van der Waals surface area contributed by atoms with E-state index >= 15 is 0 Å². The molecule has 4 rings (SSSR count). The summed E-state index contributed by atoms with van der Waals surface area (Å²) in [5.74, 6) is 0.294. The van der Waals surface area contributed by atoms with Crippen LogP contribution >= 0.6 is 0 Å². The number of benzene rings is 1. The molecular weight excluding hydrogens is 405 g/mol. The molecule has 1 atom stereocenters.